The fourth-order valence-electron chi connectivity index (χ4n) is 7.40. The molecule has 9 aromatic rings. The fourth-order valence-corrected chi connectivity index (χ4v) is 8.55. The summed E-state index contributed by atoms with van der Waals surface area (Å²) in [5.41, 5.74) is 13.0. The molecule has 0 fully saturated rings. The Morgan fingerprint density at radius 3 is 1.94 bits per heavy atom. The van der Waals surface area contributed by atoms with Crippen LogP contribution < -0.4 is 0 Å². The monoisotopic (exact) mass is 669 g/mol. The Morgan fingerprint density at radius 2 is 1.12 bits per heavy atom. The summed E-state index contributed by atoms with van der Waals surface area (Å²) in [6.45, 7) is 0. The van der Waals surface area contributed by atoms with Crippen molar-refractivity contribution in [2.24, 2.45) is 4.99 Å². The number of hydrogen-bond donors (Lipinski definition) is 0. The molecule has 10 rings (SSSR count). The van der Waals surface area contributed by atoms with Gasteiger partial charge in [0.05, 0.1) is 11.4 Å². The van der Waals surface area contributed by atoms with Crippen molar-refractivity contribution in [1.29, 1.82) is 0 Å². The van der Waals surface area contributed by atoms with Crippen LogP contribution in [0.2, 0.25) is 0 Å². The van der Waals surface area contributed by atoms with Crippen LogP contribution in [0.4, 0.5) is 0 Å². The van der Waals surface area contributed by atoms with Gasteiger partial charge < -0.3 is 4.42 Å². The Labute approximate surface area is 300 Å². The number of furan rings is 1. The minimum Gasteiger partial charge on any atom is -0.456 e. The van der Waals surface area contributed by atoms with Crippen molar-refractivity contribution in [2.75, 3.05) is 0 Å². The van der Waals surface area contributed by atoms with E-state index in [0.717, 1.165) is 62.0 Å². The molecule has 0 saturated carbocycles. The topological polar surface area (TPSA) is 25.5 Å². The van der Waals surface area contributed by atoms with Gasteiger partial charge in [-0.05, 0) is 76.2 Å². The van der Waals surface area contributed by atoms with Gasteiger partial charge in [0.2, 0.25) is 0 Å². The van der Waals surface area contributed by atoms with Crippen LogP contribution in [0.15, 0.2) is 185 Å². The van der Waals surface area contributed by atoms with Crippen LogP contribution in [0.5, 0.6) is 0 Å². The summed E-state index contributed by atoms with van der Waals surface area (Å²) in [6.07, 6.45) is 5.33. The molecule has 3 heteroatoms. The maximum atomic E-state index is 6.58. The number of fused-ring (bicyclic) bond motifs is 6. The summed E-state index contributed by atoms with van der Waals surface area (Å²) in [4.78, 5) is 5.45. The van der Waals surface area contributed by atoms with Crippen LogP contribution in [0.1, 0.15) is 23.1 Å². The molecule has 0 aliphatic carbocycles. The van der Waals surface area contributed by atoms with E-state index < -0.39 is 0 Å². The van der Waals surface area contributed by atoms with E-state index in [1.54, 1.807) is 0 Å². The normalized spacial score (nSPS) is 13.4. The van der Waals surface area contributed by atoms with E-state index in [1.165, 1.54) is 42.4 Å². The van der Waals surface area contributed by atoms with Gasteiger partial charge in [0, 0.05) is 42.1 Å². The Kier molecular flexibility index (Phi) is 7.11. The predicted octanol–water partition coefficient (Wildman–Crippen LogP) is 13.6. The molecule has 3 heterocycles. The SMILES string of the molecule is C1=C(c2ccccc2)CC=C(c2ccc3c(c2)sc2ccccc23)N=C1c1cccc2oc3cc(-c4ccc(-c5ccccc5)cc4)ccc3c12. The summed E-state index contributed by atoms with van der Waals surface area (Å²) in [5.74, 6) is 0. The molecule has 51 heavy (non-hydrogen) atoms. The van der Waals surface area contributed by atoms with E-state index >= 15 is 0 Å². The van der Waals surface area contributed by atoms with Crippen LogP contribution in [0, 0.1) is 0 Å². The molecule has 2 aromatic heterocycles. The third-order valence-electron chi connectivity index (χ3n) is 9.98. The van der Waals surface area contributed by atoms with E-state index in [0.29, 0.717) is 0 Å². The highest BCUT2D eigenvalue weighted by Crippen LogP contribution is 2.39. The number of aliphatic imine (C=N–C) groups is 1. The minimum absolute atomic E-state index is 0.783. The molecule has 7 aromatic carbocycles. The zero-order valence-electron chi connectivity index (χ0n) is 27.7. The lowest BCUT2D eigenvalue weighted by molar-refractivity contribution is 0.669. The van der Waals surface area contributed by atoms with Gasteiger partial charge in [-0.3, -0.25) is 0 Å². The number of hydrogen-bond acceptors (Lipinski definition) is 3. The standard InChI is InChI=1S/C48H31NOS/c1-3-10-31(11-4-1)33-18-20-34(21-19-33)36-22-26-41-45(29-36)50-44-16-9-15-40(48(41)44)43-28-35(32-12-5-2-6-13-32)24-27-42(49-43)37-23-25-39-38-14-7-8-17-46(38)51-47(39)30-37/h1-23,25-30H,24H2. The molecule has 0 radical (unpaired) electrons. The molecular formula is C48H31NOS. The molecule has 0 unspecified atom stereocenters. The average Bonchev–Trinajstić information content (AvgIpc) is 3.68. The van der Waals surface area contributed by atoms with Crippen molar-refractivity contribution in [1.82, 2.24) is 0 Å². The highest BCUT2D eigenvalue weighted by Gasteiger charge is 2.19. The Balaban J connectivity index is 1.09. The molecule has 0 atom stereocenters. The van der Waals surface area contributed by atoms with Crippen molar-refractivity contribution in [3.63, 3.8) is 0 Å². The van der Waals surface area contributed by atoms with Crippen LogP contribution >= 0.6 is 11.3 Å². The van der Waals surface area contributed by atoms with E-state index in [2.05, 4.69) is 176 Å². The van der Waals surface area contributed by atoms with E-state index in [1.807, 2.05) is 11.3 Å². The zero-order valence-corrected chi connectivity index (χ0v) is 28.5. The van der Waals surface area contributed by atoms with Crippen molar-refractivity contribution in [3.05, 3.63) is 193 Å². The predicted molar refractivity (Wildman–Crippen MR) is 217 cm³/mol. The summed E-state index contributed by atoms with van der Waals surface area (Å²) in [5, 5.41) is 4.77. The molecule has 0 amide bonds. The highest BCUT2D eigenvalue weighted by molar-refractivity contribution is 7.25. The lowest BCUT2D eigenvalue weighted by Gasteiger charge is -2.08. The average molecular weight is 670 g/mol. The fraction of sp³-hybridized carbons (Fsp3) is 0.0208. The van der Waals surface area contributed by atoms with Gasteiger partial charge in [0.1, 0.15) is 11.2 Å². The van der Waals surface area contributed by atoms with E-state index in [9.17, 15) is 0 Å². The first-order valence-electron chi connectivity index (χ1n) is 17.3. The van der Waals surface area contributed by atoms with Gasteiger partial charge >= 0.3 is 0 Å². The van der Waals surface area contributed by atoms with Crippen molar-refractivity contribution >= 4 is 70.4 Å². The smallest absolute Gasteiger partial charge is 0.136 e. The summed E-state index contributed by atoms with van der Waals surface area (Å²) >= 11 is 1.84. The lowest BCUT2D eigenvalue weighted by Crippen LogP contribution is -1.99. The number of nitrogens with zero attached hydrogens (tertiary/aromatic N) is 1. The molecule has 0 N–H and O–H groups in total. The van der Waals surface area contributed by atoms with Gasteiger partial charge in [-0.25, -0.2) is 4.99 Å². The quantitative estimate of drug-likeness (QED) is 0.179. The molecule has 1 aliphatic heterocycles. The molecule has 2 nitrogen and oxygen atoms in total. The van der Waals surface area contributed by atoms with E-state index in [-0.39, 0.29) is 0 Å². The molecule has 0 bridgehead atoms. The Hall–Kier alpha value is -6.29. The summed E-state index contributed by atoms with van der Waals surface area (Å²) in [6, 6.07) is 58.3. The van der Waals surface area contributed by atoms with Gasteiger partial charge in [-0.2, -0.15) is 0 Å². The van der Waals surface area contributed by atoms with Crippen molar-refractivity contribution in [2.45, 2.75) is 6.42 Å². The third kappa shape index (κ3) is 5.31. The first kappa shape index (κ1) is 29.6. The molecule has 0 spiro atoms. The van der Waals surface area contributed by atoms with Crippen LogP contribution in [-0.2, 0) is 0 Å². The number of allylic oxidation sites excluding steroid dienone is 3. The second-order valence-electron chi connectivity index (χ2n) is 13.1. The maximum absolute atomic E-state index is 6.58. The lowest BCUT2D eigenvalue weighted by atomic mass is 9.96. The molecule has 0 saturated heterocycles. The summed E-state index contributed by atoms with van der Waals surface area (Å²) < 4.78 is 9.17. The Morgan fingerprint density at radius 1 is 0.471 bits per heavy atom. The largest absolute Gasteiger partial charge is 0.456 e. The minimum atomic E-state index is 0.783. The number of rotatable bonds is 5. The molecular weight excluding hydrogens is 639 g/mol. The Bertz CT molecular complexity index is 2850. The second-order valence-corrected chi connectivity index (χ2v) is 14.2. The number of thiophene rings is 1. The third-order valence-corrected chi connectivity index (χ3v) is 11.1. The van der Waals surface area contributed by atoms with Crippen LogP contribution in [0.25, 0.3) is 75.6 Å². The highest BCUT2D eigenvalue weighted by atomic mass is 32.1. The van der Waals surface area contributed by atoms with E-state index in [4.69, 9.17) is 9.41 Å². The van der Waals surface area contributed by atoms with Gasteiger partial charge in [0.25, 0.3) is 0 Å². The second kappa shape index (κ2) is 12.2. The molecule has 240 valence electrons. The van der Waals surface area contributed by atoms with Gasteiger partial charge in [-0.1, -0.05) is 140 Å². The van der Waals surface area contributed by atoms with Crippen LogP contribution in [-0.4, -0.2) is 5.71 Å². The molecule has 1 aliphatic rings. The van der Waals surface area contributed by atoms with Gasteiger partial charge in [0.15, 0.2) is 0 Å². The maximum Gasteiger partial charge on any atom is 0.136 e. The summed E-state index contributed by atoms with van der Waals surface area (Å²) in [7, 11) is 0. The first-order chi connectivity index (χ1) is 25.2. The van der Waals surface area contributed by atoms with Crippen molar-refractivity contribution < 1.29 is 4.42 Å². The number of benzene rings is 7. The van der Waals surface area contributed by atoms with Crippen LogP contribution in [0.3, 0.4) is 0 Å². The zero-order chi connectivity index (χ0) is 33.7. The first-order valence-corrected chi connectivity index (χ1v) is 18.1. The van der Waals surface area contributed by atoms with Gasteiger partial charge in [-0.15, -0.1) is 11.3 Å². The van der Waals surface area contributed by atoms with Crippen molar-refractivity contribution in [3.8, 4) is 22.3 Å².